The summed E-state index contributed by atoms with van der Waals surface area (Å²) in [6.45, 7) is 0. The van der Waals surface area contributed by atoms with Crippen LogP contribution in [0.3, 0.4) is 0 Å². The zero-order valence-electron chi connectivity index (χ0n) is 10.5. The molecule has 0 radical (unpaired) electrons. The summed E-state index contributed by atoms with van der Waals surface area (Å²) in [5.41, 5.74) is 1.13. The minimum Gasteiger partial charge on any atom is -0.469 e. The summed E-state index contributed by atoms with van der Waals surface area (Å²) in [7, 11) is 1.47. The van der Waals surface area contributed by atoms with Crippen molar-refractivity contribution in [3.8, 4) is 0 Å². The van der Waals surface area contributed by atoms with Crippen LogP contribution in [0.15, 0.2) is 24.3 Å². The number of anilines is 1. The van der Waals surface area contributed by atoms with Crippen molar-refractivity contribution < 1.29 is 9.53 Å². The molecule has 1 aromatic rings. The van der Waals surface area contributed by atoms with Gasteiger partial charge >= 0.3 is 5.97 Å². The van der Waals surface area contributed by atoms with Crippen molar-refractivity contribution in [1.82, 2.24) is 0 Å². The Bertz CT molecular complexity index is 405. The molecule has 0 saturated heterocycles. The quantitative estimate of drug-likeness (QED) is 0.664. The molecule has 2 unspecified atom stereocenters. The summed E-state index contributed by atoms with van der Waals surface area (Å²) in [6, 6.07) is 8.72. The molecule has 0 spiro atoms. The third kappa shape index (κ3) is 3.60. The van der Waals surface area contributed by atoms with Gasteiger partial charge in [-0.15, -0.1) is 0 Å². The summed E-state index contributed by atoms with van der Waals surface area (Å²) < 4.78 is 6.07. The highest BCUT2D eigenvalue weighted by atomic mass is 127. The van der Waals surface area contributed by atoms with Gasteiger partial charge < -0.3 is 10.1 Å². The Balaban J connectivity index is 1.93. The van der Waals surface area contributed by atoms with Crippen LogP contribution >= 0.6 is 22.6 Å². The fraction of sp³-hybridized carbons (Fsp3) is 0.500. The van der Waals surface area contributed by atoms with Crippen molar-refractivity contribution >= 4 is 34.2 Å². The minimum atomic E-state index is -0.0656. The van der Waals surface area contributed by atoms with Crippen LogP contribution < -0.4 is 5.32 Å². The summed E-state index contributed by atoms with van der Waals surface area (Å²) >= 11 is 2.30. The van der Waals surface area contributed by atoms with Crippen LogP contribution in [0, 0.1) is 9.49 Å². The molecule has 2 atom stereocenters. The molecule has 4 heteroatoms. The van der Waals surface area contributed by atoms with Gasteiger partial charge in [-0.05, 0) is 66.1 Å². The Morgan fingerprint density at radius 3 is 2.72 bits per heavy atom. The topological polar surface area (TPSA) is 38.3 Å². The number of nitrogens with one attached hydrogen (secondary N) is 1. The van der Waals surface area contributed by atoms with E-state index < -0.39 is 0 Å². The zero-order chi connectivity index (χ0) is 13.0. The Morgan fingerprint density at radius 2 is 2.06 bits per heavy atom. The lowest BCUT2D eigenvalue weighted by molar-refractivity contribution is -0.146. The first kappa shape index (κ1) is 13.6. The van der Waals surface area contributed by atoms with Crippen LogP contribution in [0.1, 0.15) is 25.7 Å². The third-order valence-electron chi connectivity index (χ3n) is 3.42. The van der Waals surface area contributed by atoms with E-state index in [-0.39, 0.29) is 11.9 Å². The van der Waals surface area contributed by atoms with Crippen LogP contribution in [0.5, 0.6) is 0 Å². The highest BCUT2D eigenvalue weighted by Gasteiger charge is 2.27. The SMILES string of the molecule is COC(=O)C1CCCC(Nc2ccc(I)cc2)C1. The van der Waals surface area contributed by atoms with Gasteiger partial charge in [-0.1, -0.05) is 6.42 Å². The molecule has 3 nitrogen and oxygen atoms in total. The number of hydrogen-bond donors (Lipinski definition) is 1. The van der Waals surface area contributed by atoms with E-state index in [0.29, 0.717) is 6.04 Å². The van der Waals surface area contributed by atoms with Crippen molar-refractivity contribution in [2.24, 2.45) is 5.92 Å². The second-order valence-corrected chi connectivity index (χ2v) is 5.98. The number of halogens is 1. The van der Waals surface area contributed by atoms with Crippen LogP contribution in [-0.4, -0.2) is 19.1 Å². The minimum absolute atomic E-state index is 0.0603. The molecule has 2 rings (SSSR count). The number of esters is 1. The van der Waals surface area contributed by atoms with Crippen molar-refractivity contribution in [2.45, 2.75) is 31.7 Å². The maximum absolute atomic E-state index is 11.6. The highest BCUT2D eigenvalue weighted by Crippen LogP contribution is 2.27. The van der Waals surface area contributed by atoms with E-state index in [4.69, 9.17) is 4.74 Å². The number of carbonyl (C=O) groups excluding carboxylic acids is 1. The molecule has 98 valence electrons. The Labute approximate surface area is 121 Å². The van der Waals surface area contributed by atoms with Gasteiger partial charge in [0.25, 0.3) is 0 Å². The van der Waals surface area contributed by atoms with Gasteiger partial charge in [-0.3, -0.25) is 4.79 Å². The standard InChI is InChI=1S/C14H18INO2/c1-18-14(17)10-3-2-4-13(9-10)16-12-7-5-11(15)6-8-12/h5-8,10,13,16H,2-4,9H2,1H3. The first-order chi connectivity index (χ1) is 8.69. The van der Waals surface area contributed by atoms with Gasteiger partial charge in [0.15, 0.2) is 0 Å². The largest absolute Gasteiger partial charge is 0.469 e. The van der Waals surface area contributed by atoms with Crippen LogP contribution in [0.25, 0.3) is 0 Å². The maximum Gasteiger partial charge on any atom is 0.308 e. The average Bonchev–Trinajstić information content (AvgIpc) is 2.41. The lowest BCUT2D eigenvalue weighted by Crippen LogP contribution is -2.31. The second kappa shape index (κ2) is 6.41. The molecule has 1 aliphatic rings. The van der Waals surface area contributed by atoms with Gasteiger partial charge in [0.05, 0.1) is 13.0 Å². The van der Waals surface area contributed by atoms with E-state index in [2.05, 4.69) is 52.2 Å². The van der Waals surface area contributed by atoms with E-state index in [1.54, 1.807) is 0 Å². The van der Waals surface area contributed by atoms with E-state index in [1.165, 1.54) is 10.7 Å². The number of hydrogen-bond acceptors (Lipinski definition) is 3. The molecule has 1 aliphatic carbocycles. The van der Waals surface area contributed by atoms with E-state index >= 15 is 0 Å². The summed E-state index contributed by atoms with van der Waals surface area (Å²) in [5, 5.41) is 3.51. The molecule has 0 bridgehead atoms. The Morgan fingerprint density at radius 1 is 1.33 bits per heavy atom. The van der Waals surface area contributed by atoms with E-state index in [1.807, 2.05) is 0 Å². The summed E-state index contributed by atoms with van der Waals surface area (Å²) in [6.07, 6.45) is 4.04. The summed E-state index contributed by atoms with van der Waals surface area (Å²) in [5.74, 6) is -0.00536. The zero-order valence-corrected chi connectivity index (χ0v) is 12.6. The number of benzene rings is 1. The van der Waals surface area contributed by atoms with Crippen LogP contribution in [0.2, 0.25) is 0 Å². The van der Waals surface area contributed by atoms with Crippen molar-refractivity contribution in [3.05, 3.63) is 27.8 Å². The van der Waals surface area contributed by atoms with Crippen molar-refractivity contribution in [2.75, 3.05) is 12.4 Å². The summed E-state index contributed by atoms with van der Waals surface area (Å²) in [4.78, 5) is 11.6. The number of rotatable bonds is 3. The van der Waals surface area contributed by atoms with Gasteiger partial charge in [0.2, 0.25) is 0 Å². The monoisotopic (exact) mass is 359 g/mol. The van der Waals surface area contributed by atoms with Gasteiger partial charge in [0.1, 0.15) is 0 Å². The number of carbonyl (C=O) groups is 1. The Kier molecular flexibility index (Phi) is 4.86. The molecule has 1 N–H and O–H groups in total. The maximum atomic E-state index is 11.6. The predicted molar refractivity (Wildman–Crippen MR) is 80.5 cm³/mol. The molecule has 0 aromatic heterocycles. The molecule has 0 aliphatic heterocycles. The first-order valence-electron chi connectivity index (χ1n) is 6.29. The molecule has 1 saturated carbocycles. The molecule has 18 heavy (non-hydrogen) atoms. The van der Waals surface area contributed by atoms with Crippen LogP contribution in [-0.2, 0) is 9.53 Å². The van der Waals surface area contributed by atoms with Gasteiger partial charge in [0, 0.05) is 15.3 Å². The number of ether oxygens (including phenoxy) is 1. The highest BCUT2D eigenvalue weighted by molar-refractivity contribution is 14.1. The molecule has 0 amide bonds. The van der Waals surface area contributed by atoms with Crippen molar-refractivity contribution in [1.29, 1.82) is 0 Å². The average molecular weight is 359 g/mol. The molecular formula is C14H18INO2. The smallest absolute Gasteiger partial charge is 0.308 e. The second-order valence-electron chi connectivity index (χ2n) is 4.73. The third-order valence-corrected chi connectivity index (χ3v) is 4.14. The fourth-order valence-corrected chi connectivity index (χ4v) is 2.84. The first-order valence-corrected chi connectivity index (χ1v) is 7.37. The molecule has 1 aromatic carbocycles. The fourth-order valence-electron chi connectivity index (χ4n) is 2.48. The van der Waals surface area contributed by atoms with E-state index in [9.17, 15) is 4.79 Å². The lowest BCUT2D eigenvalue weighted by atomic mass is 9.85. The van der Waals surface area contributed by atoms with Crippen molar-refractivity contribution in [3.63, 3.8) is 0 Å². The van der Waals surface area contributed by atoms with Gasteiger partial charge in [-0.25, -0.2) is 0 Å². The lowest BCUT2D eigenvalue weighted by Gasteiger charge is -2.28. The molecule has 1 fully saturated rings. The Hall–Kier alpha value is -0.780. The number of methoxy groups -OCH3 is 1. The molecular weight excluding hydrogens is 341 g/mol. The molecule has 0 heterocycles. The van der Waals surface area contributed by atoms with Gasteiger partial charge in [-0.2, -0.15) is 0 Å². The normalized spacial score (nSPS) is 23.4. The van der Waals surface area contributed by atoms with Crippen LogP contribution in [0.4, 0.5) is 5.69 Å². The van der Waals surface area contributed by atoms with E-state index in [0.717, 1.165) is 31.4 Å². The predicted octanol–water partition coefficient (Wildman–Crippen LogP) is 3.43.